The first-order valence-electron chi connectivity index (χ1n) is 19.6. The maximum Gasteiger partial charge on any atom is 0.349 e. The summed E-state index contributed by atoms with van der Waals surface area (Å²) in [6, 6.07) is 12.5. The van der Waals surface area contributed by atoms with Gasteiger partial charge in [-0.2, -0.15) is 0 Å². The molecule has 53 heavy (non-hydrogen) atoms. The maximum atomic E-state index is 13.0. The summed E-state index contributed by atoms with van der Waals surface area (Å²) in [5.41, 5.74) is 5.48. The number of halogens is 2. The van der Waals surface area contributed by atoms with E-state index in [0.717, 1.165) is 71.4 Å². The summed E-state index contributed by atoms with van der Waals surface area (Å²) >= 11 is 12.7. The summed E-state index contributed by atoms with van der Waals surface area (Å²) in [5.74, 6) is 2.62. The second-order valence-corrected chi connectivity index (χ2v) is 16.9. The smallest absolute Gasteiger partial charge is 0.349 e. The molecule has 6 nitrogen and oxygen atoms in total. The predicted molar refractivity (Wildman–Crippen MR) is 219 cm³/mol. The number of anilines is 2. The first-order valence-corrected chi connectivity index (χ1v) is 20.4. The lowest BCUT2D eigenvalue weighted by Gasteiger charge is -2.38. The number of esters is 2. The van der Waals surface area contributed by atoms with Crippen molar-refractivity contribution < 1.29 is 23.8 Å². The number of hydrogen-bond donors (Lipinski definition) is 1. The molecule has 3 atom stereocenters. The number of hydrogen-bond acceptors (Lipinski definition) is 6. The Labute approximate surface area is 328 Å². The molecule has 4 rings (SSSR count). The van der Waals surface area contributed by atoms with Gasteiger partial charge < -0.3 is 19.5 Å². The highest BCUT2D eigenvalue weighted by Gasteiger charge is 2.35. The fourth-order valence-corrected chi connectivity index (χ4v) is 7.94. The monoisotopic (exact) mass is 765 g/mol. The number of ether oxygens (including phenoxy) is 3. The van der Waals surface area contributed by atoms with Crippen LogP contribution in [0.3, 0.4) is 0 Å². The third kappa shape index (κ3) is 12.4. The van der Waals surface area contributed by atoms with Crippen molar-refractivity contribution in [3.05, 3.63) is 80.3 Å². The van der Waals surface area contributed by atoms with Gasteiger partial charge in [-0.05, 0) is 112 Å². The van der Waals surface area contributed by atoms with Crippen molar-refractivity contribution in [2.45, 2.75) is 138 Å². The topological polar surface area (TPSA) is 73.9 Å². The molecule has 290 valence electrons. The lowest BCUT2D eigenvalue weighted by Crippen LogP contribution is -2.37. The number of nitrogens with one attached hydrogen (secondary N) is 1. The molecular formula is C45H61Cl2NO5. The number of fused-ring (bicyclic) bond motifs is 1. The molecule has 1 aliphatic rings. The standard InChI is InChI=1S/C45H61Cl2NO5/c1-29(2)15-11-16-30(3)17-12-18-31(4)19-14-25-45(8)26-24-36-34(7)43(32(5)33(6)44(36)53-45)52-41(50)28-51-40(49)27-35-20-9-10-23-39(35)48-42-37(46)21-13-22-38(42)47/h9-10,13,20-23,29-31,48H,11-12,14-19,24-28H2,1-8H3/t30-,31-,45-/m1/s1. The predicted octanol–water partition coefficient (Wildman–Crippen LogP) is 12.9. The molecule has 1 N–H and O–H groups in total. The van der Waals surface area contributed by atoms with E-state index in [1.807, 2.05) is 45.0 Å². The van der Waals surface area contributed by atoms with Crippen molar-refractivity contribution in [3.8, 4) is 11.5 Å². The van der Waals surface area contributed by atoms with Crippen LogP contribution in [0, 0.1) is 38.5 Å². The zero-order valence-electron chi connectivity index (χ0n) is 33.3. The molecule has 8 heteroatoms. The summed E-state index contributed by atoms with van der Waals surface area (Å²) in [6.45, 7) is 17.2. The molecule has 1 heterocycles. The summed E-state index contributed by atoms with van der Waals surface area (Å²) in [4.78, 5) is 25.9. The van der Waals surface area contributed by atoms with Gasteiger partial charge >= 0.3 is 11.9 Å². The van der Waals surface area contributed by atoms with Gasteiger partial charge in [0.2, 0.25) is 0 Å². The van der Waals surface area contributed by atoms with E-state index in [9.17, 15) is 9.59 Å². The molecule has 3 aromatic carbocycles. The van der Waals surface area contributed by atoms with Gasteiger partial charge in [-0.25, -0.2) is 4.79 Å². The van der Waals surface area contributed by atoms with Crippen LogP contribution in [-0.4, -0.2) is 24.1 Å². The first-order chi connectivity index (χ1) is 25.2. The Morgan fingerprint density at radius 3 is 2.09 bits per heavy atom. The van der Waals surface area contributed by atoms with Crippen LogP contribution in [-0.2, 0) is 27.2 Å². The van der Waals surface area contributed by atoms with Crippen LogP contribution in [0.25, 0.3) is 0 Å². The second kappa shape index (κ2) is 19.9. The molecule has 0 amide bonds. The van der Waals surface area contributed by atoms with Crippen molar-refractivity contribution in [3.63, 3.8) is 0 Å². The van der Waals surface area contributed by atoms with Gasteiger partial charge in [0, 0.05) is 11.3 Å². The molecule has 0 spiro atoms. The van der Waals surface area contributed by atoms with E-state index in [4.69, 9.17) is 37.4 Å². The fraction of sp³-hybridized carbons (Fsp3) is 0.556. The minimum absolute atomic E-state index is 0.0541. The van der Waals surface area contributed by atoms with Crippen LogP contribution in [0.15, 0.2) is 42.5 Å². The summed E-state index contributed by atoms with van der Waals surface area (Å²) in [6.07, 6.45) is 13.2. The van der Waals surface area contributed by atoms with E-state index in [1.165, 1.54) is 44.9 Å². The number of carbonyl (C=O) groups is 2. The maximum absolute atomic E-state index is 13.0. The normalized spacial score (nSPS) is 16.4. The Hall–Kier alpha value is -3.22. The van der Waals surface area contributed by atoms with Gasteiger partial charge in [0.25, 0.3) is 0 Å². The fourth-order valence-electron chi connectivity index (χ4n) is 7.45. The van der Waals surface area contributed by atoms with Crippen molar-refractivity contribution in [1.82, 2.24) is 0 Å². The third-order valence-electron chi connectivity index (χ3n) is 11.0. The average molecular weight is 767 g/mol. The zero-order chi connectivity index (χ0) is 38.7. The number of carbonyl (C=O) groups excluding carboxylic acids is 2. The highest BCUT2D eigenvalue weighted by molar-refractivity contribution is 6.39. The molecule has 0 aliphatic carbocycles. The van der Waals surface area contributed by atoms with Crippen LogP contribution < -0.4 is 14.8 Å². The summed E-state index contributed by atoms with van der Waals surface area (Å²) in [7, 11) is 0. The number of benzene rings is 3. The summed E-state index contributed by atoms with van der Waals surface area (Å²) < 4.78 is 18.0. The molecule has 0 bridgehead atoms. The molecule has 0 saturated carbocycles. The Balaban J connectivity index is 1.27. The molecule has 3 aromatic rings. The van der Waals surface area contributed by atoms with E-state index in [-0.39, 0.29) is 12.0 Å². The first kappa shape index (κ1) is 42.5. The number of para-hydroxylation sites is 2. The van der Waals surface area contributed by atoms with Crippen LogP contribution in [0.1, 0.15) is 127 Å². The van der Waals surface area contributed by atoms with Gasteiger partial charge in [0.05, 0.1) is 22.2 Å². The van der Waals surface area contributed by atoms with Gasteiger partial charge in [-0.15, -0.1) is 0 Å². The van der Waals surface area contributed by atoms with Crippen molar-refractivity contribution in [1.29, 1.82) is 0 Å². The quantitative estimate of drug-likeness (QED) is 0.0967. The molecule has 0 aromatic heterocycles. The number of rotatable bonds is 19. The highest BCUT2D eigenvalue weighted by atomic mass is 35.5. The van der Waals surface area contributed by atoms with Crippen LogP contribution in [0.2, 0.25) is 10.0 Å². The Kier molecular flexibility index (Phi) is 16.0. The molecule has 0 saturated heterocycles. The Morgan fingerprint density at radius 1 is 0.811 bits per heavy atom. The van der Waals surface area contributed by atoms with E-state index in [0.29, 0.717) is 32.7 Å². The SMILES string of the molecule is Cc1c(C)c2c(c(C)c1OC(=O)COC(=O)Cc1ccccc1Nc1c(Cl)cccc1Cl)CC[C@@](C)(CCC[C@H](C)CCC[C@H](C)CCCC(C)C)O2. The third-order valence-corrected chi connectivity index (χ3v) is 11.6. The van der Waals surface area contributed by atoms with Crippen molar-refractivity contribution in [2.75, 3.05) is 11.9 Å². The highest BCUT2D eigenvalue weighted by Crippen LogP contribution is 2.45. The lowest BCUT2D eigenvalue weighted by molar-refractivity contribution is -0.153. The van der Waals surface area contributed by atoms with Crippen LogP contribution in [0.5, 0.6) is 11.5 Å². The minimum atomic E-state index is -0.630. The van der Waals surface area contributed by atoms with Crippen molar-refractivity contribution in [2.24, 2.45) is 17.8 Å². The Morgan fingerprint density at radius 2 is 1.43 bits per heavy atom. The van der Waals surface area contributed by atoms with E-state index in [2.05, 4.69) is 39.9 Å². The Bertz CT molecular complexity index is 1680. The van der Waals surface area contributed by atoms with E-state index in [1.54, 1.807) is 18.2 Å². The van der Waals surface area contributed by atoms with Crippen LogP contribution >= 0.6 is 23.2 Å². The molecule has 0 fully saturated rings. The zero-order valence-corrected chi connectivity index (χ0v) is 34.8. The molecular weight excluding hydrogens is 705 g/mol. The lowest BCUT2D eigenvalue weighted by atomic mass is 9.83. The molecule has 1 aliphatic heterocycles. The average Bonchev–Trinajstić information content (AvgIpc) is 3.10. The van der Waals surface area contributed by atoms with E-state index < -0.39 is 18.5 Å². The largest absolute Gasteiger partial charge is 0.487 e. The van der Waals surface area contributed by atoms with Crippen LogP contribution in [0.4, 0.5) is 11.4 Å². The van der Waals surface area contributed by atoms with Gasteiger partial charge in [-0.3, -0.25) is 4.79 Å². The van der Waals surface area contributed by atoms with Crippen molar-refractivity contribution >= 4 is 46.5 Å². The minimum Gasteiger partial charge on any atom is -0.487 e. The summed E-state index contributed by atoms with van der Waals surface area (Å²) in [5, 5.41) is 4.13. The van der Waals surface area contributed by atoms with Gasteiger partial charge in [0.15, 0.2) is 6.61 Å². The van der Waals surface area contributed by atoms with Gasteiger partial charge in [-0.1, -0.05) is 120 Å². The molecule has 0 unspecified atom stereocenters. The van der Waals surface area contributed by atoms with E-state index >= 15 is 0 Å². The second-order valence-electron chi connectivity index (χ2n) is 16.1. The van der Waals surface area contributed by atoms with Gasteiger partial charge in [0.1, 0.15) is 17.1 Å². The molecule has 0 radical (unpaired) electrons.